The highest BCUT2D eigenvalue weighted by atomic mass is 16.5. The molecule has 0 aromatic heterocycles. The molecule has 0 rings (SSSR count). The van der Waals surface area contributed by atoms with Gasteiger partial charge in [-0.25, -0.2) is 0 Å². The average molecular weight is 258 g/mol. The Labute approximate surface area is 112 Å². The molecule has 0 heterocycles. The molecule has 1 unspecified atom stereocenters. The zero-order valence-electron chi connectivity index (χ0n) is 12.4. The molecular formula is C15H30O3. The summed E-state index contributed by atoms with van der Waals surface area (Å²) in [6.45, 7) is 8.43. The molecule has 0 radical (unpaired) electrons. The quantitative estimate of drug-likeness (QED) is 0.393. The molecule has 0 aliphatic rings. The van der Waals surface area contributed by atoms with E-state index in [-0.39, 0.29) is 5.97 Å². The normalized spacial score (nSPS) is 12.4. The first kappa shape index (κ1) is 17.4. The standard InChI is InChI=1S/C15H30O3/c1-4-7-10-14(5-2)13-18-15(16)11-8-9-12-17-6-3/h14H,4-13H2,1-3H3. The molecule has 0 aromatic carbocycles. The van der Waals surface area contributed by atoms with E-state index in [2.05, 4.69) is 13.8 Å². The zero-order valence-corrected chi connectivity index (χ0v) is 12.4. The van der Waals surface area contributed by atoms with Crippen molar-refractivity contribution in [3.05, 3.63) is 0 Å². The van der Waals surface area contributed by atoms with Crippen molar-refractivity contribution >= 4 is 5.97 Å². The van der Waals surface area contributed by atoms with E-state index in [0.29, 0.717) is 18.9 Å². The van der Waals surface area contributed by atoms with Crippen LogP contribution in [0.5, 0.6) is 0 Å². The molecular weight excluding hydrogens is 228 g/mol. The summed E-state index contributed by atoms with van der Waals surface area (Å²) in [6, 6.07) is 0. The number of esters is 1. The maximum atomic E-state index is 11.5. The minimum atomic E-state index is -0.0542. The van der Waals surface area contributed by atoms with E-state index in [1.807, 2.05) is 6.92 Å². The summed E-state index contributed by atoms with van der Waals surface area (Å²) in [5.41, 5.74) is 0. The Morgan fingerprint density at radius 1 is 1.11 bits per heavy atom. The first-order valence-corrected chi connectivity index (χ1v) is 7.47. The van der Waals surface area contributed by atoms with Crippen LogP contribution < -0.4 is 0 Å². The van der Waals surface area contributed by atoms with Gasteiger partial charge in [0.15, 0.2) is 0 Å². The molecule has 0 bridgehead atoms. The number of carbonyl (C=O) groups excluding carboxylic acids is 1. The lowest BCUT2D eigenvalue weighted by atomic mass is 10.0. The van der Waals surface area contributed by atoms with E-state index < -0.39 is 0 Å². The molecule has 3 heteroatoms. The summed E-state index contributed by atoms with van der Waals surface area (Å²) in [4.78, 5) is 11.5. The summed E-state index contributed by atoms with van der Waals surface area (Å²) in [5.74, 6) is 0.485. The van der Waals surface area contributed by atoms with Crippen molar-refractivity contribution in [1.82, 2.24) is 0 Å². The second-order valence-corrected chi connectivity index (χ2v) is 4.75. The Morgan fingerprint density at radius 2 is 1.89 bits per heavy atom. The van der Waals surface area contributed by atoms with Crippen LogP contribution >= 0.6 is 0 Å². The van der Waals surface area contributed by atoms with Crippen LogP contribution in [0.1, 0.15) is 65.7 Å². The van der Waals surface area contributed by atoms with Gasteiger partial charge < -0.3 is 9.47 Å². The van der Waals surface area contributed by atoms with E-state index in [1.165, 1.54) is 19.3 Å². The summed E-state index contributed by atoms with van der Waals surface area (Å²) in [7, 11) is 0. The van der Waals surface area contributed by atoms with Crippen LogP contribution in [0.4, 0.5) is 0 Å². The molecule has 3 nitrogen and oxygen atoms in total. The molecule has 0 saturated heterocycles. The number of hydrogen-bond donors (Lipinski definition) is 0. The molecule has 18 heavy (non-hydrogen) atoms. The van der Waals surface area contributed by atoms with Crippen molar-refractivity contribution in [3.8, 4) is 0 Å². The Hall–Kier alpha value is -0.570. The number of carbonyl (C=O) groups is 1. The maximum absolute atomic E-state index is 11.5. The van der Waals surface area contributed by atoms with E-state index in [1.54, 1.807) is 0 Å². The third-order valence-corrected chi connectivity index (χ3v) is 3.15. The van der Waals surface area contributed by atoms with E-state index >= 15 is 0 Å². The molecule has 0 aromatic rings. The Kier molecular flexibility index (Phi) is 12.5. The Bertz CT molecular complexity index is 192. The fraction of sp³-hybridized carbons (Fsp3) is 0.933. The van der Waals surface area contributed by atoms with Gasteiger partial charge in [-0.1, -0.05) is 33.1 Å². The molecule has 1 atom stereocenters. The van der Waals surface area contributed by atoms with E-state index in [9.17, 15) is 4.79 Å². The Morgan fingerprint density at radius 3 is 2.50 bits per heavy atom. The van der Waals surface area contributed by atoms with E-state index in [0.717, 1.165) is 32.5 Å². The van der Waals surface area contributed by atoms with Gasteiger partial charge in [0.05, 0.1) is 6.61 Å². The van der Waals surface area contributed by atoms with E-state index in [4.69, 9.17) is 9.47 Å². The number of ether oxygens (including phenoxy) is 2. The fourth-order valence-electron chi connectivity index (χ4n) is 1.80. The van der Waals surface area contributed by atoms with Gasteiger partial charge in [-0.15, -0.1) is 0 Å². The topological polar surface area (TPSA) is 35.5 Å². The summed E-state index contributed by atoms with van der Waals surface area (Å²) in [5, 5.41) is 0. The van der Waals surface area contributed by atoms with Gasteiger partial charge in [-0.3, -0.25) is 4.79 Å². The third kappa shape index (κ3) is 10.6. The van der Waals surface area contributed by atoms with Crippen molar-refractivity contribution in [2.75, 3.05) is 19.8 Å². The van der Waals surface area contributed by atoms with Gasteiger partial charge in [-0.05, 0) is 32.1 Å². The summed E-state index contributed by atoms with van der Waals surface area (Å²) in [6.07, 6.45) is 7.03. The number of hydrogen-bond acceptors (Lipinski definition) is 3. The van der Waals surface area contributed by atoms with Gasteiger partial charge in [0.2, 0.25) is 0 Å². The van der Waals surface area contributed by atoms with Crippen molar-refractivity contribution in [2.45, 2.75) is 65.7 Å². The molecule has 108 valence electrons. The second-order valence-electron chi connectivity index (χ2n) is 4.75. The van der Waals surface area contributed by atoms with Crippen LogP contribution in [0.15, 0.2) is 0 Å². The molecule has 0 fully saturated rings. The highest BCUT2D eigenvalue weighted by molar-refractivity contribution is 5.69. The molecule has 0 aliphatic heterocycles. The largest absolute Gasteiger partial charge is 0.465 e. The van der Waals surface area contributed by atoms with Gasteiger partial charge in [0.25, 0.3) is 0 Å². The molecule has 0 spiro atoms. The van der Waals surface area contributed by atoms with Crippen molar-refractivity contribution < 1.29 is 14.3 Å². The smallest absolute Gasteiger partial charge is 0.305 e. The van der Waals surface area contributed by atoms with Gasteiger partial charge in [0.1, 0.15) is 0 Å². The molecule has 0 saturated carbocycles. The van der Waals surface area contributed by atoms with Crippen LogP contribution in [0.2, 0.25) is 0 Å². The summed E-state index contributed by atoms with van der Waals surface area (Å²) >= 11 is 0. The fourth-order valence-corrected chi connectivity index (χ4v) is 1.80. The molecule has 0 aliphatic carbocycles. The minimum absolute atomic E-state index is 0.0542. The lowest BCUT2D eigenvalue weighted by molar-refractivity contribution is -0.145. The third-order valence-electron chi connectivity index (χ3n) is 3.15. The lowest BCUT2D eigenvalue weighted by Crippen LogP contribution is -2.13. The van der Waals surface area contributed by atoms with Crippen molar-refractivity contribution in [3.63, 3.8) is 0 Å². The average Bonchev–Trinajstić information content (AvgIpc) is 2.39. The Balaban J connectivity index is 3.49. The number of unbranched alkanes of at least 4 members (excludes halogenated alkanes) is 2. The first-order valence-electron chi connectivity index (χ1n) is 7.47. The van der Waals surface area contributed by atoms with Gasteiger partial charge in [0, 0.05) is 19.6 Å². The van der Waals surface area contributed by atoms with Gasteiger partial charge in [-0.2, -0.15) is 0 Å². The van der Waals surface area contributed by atoms with Crippen LogP contribution in [0.3, 0.4) is 0 Å². The molecule has 0 N–H and O–H groups in total. The highest BCUT2D eigenvalue weighted by Gasteiger charge is 2.09. The van der Waals surface area contributed by atoms with Gasteiger partial charge >= 0.3 is 5.97 Å². The second kappa shape index (κ2) is 12.9. The van der Waals surface area contributed by atoms with Crippen molar-refractivity contribution in [1.29, 1.82) is 0 Å². The SMILES string of the molecule is CCCCC(CC)COC(=O)CCCCOCC. The minimum Gasteiger partial charge on any atom is -0.465 e. The predicted molar refractivity (Wildman–Crippen MR) is 74.6 cm³/mol. The van der Waals surface area contributed by atoms with Crippen LogP contribution in [-0.4, -0.2) is 25.8 Å². The monoisotopic (exact) mass is 258 g/mol. The summed E-state index contributed by atoms with van der Waals surface area (Å²) < 4.78 is 10.5. The van der Waals surface area contributed by atoms with Crippen LogP contribution in [0, 0.1) is 5.92 Å². The highest BCUT2D eigenvalue weighted by Crippen LogP contribution is 2.13. The maximum Gasteiger partial charge on any atom is 0.305 e. The predicted octanol–water partition coefficient (Wildman–Crippen LogP) is 3.95. The lowest BCUT2D eigenvalue weighted by Gasteiger charge is -2.14. The number of rotatable bonds is 12. The first-order chi connectivity index (χ1) is 8.74. The van der Waals surface area contributed by atoms with Crippen molar-refractivity contribution in [2.24, 2.45) is 5.92 Å². The zero-order chi connectivity index (χ0) is 13.6. The van der Waals surface area contributed by atoms with Crippen LogP contribution in [-0.2, 0) is 14.3 Å². The van der Waals surface area contributed by atoms with Crippen LogP contribution in [0.25, 0.3) is 0 Å². The molecule has 0 amide bonds.